The van der Waals surface area contributed by atoms with E-state index in [9.17, 15) is 14.4 Å². The van der Waals surface area contributed by atoms with Gasteiger partial charge >= 0.3 is 6.09 Å². The lowest BCUT2D eigenvalue weighted by Crippen LogP contribution is -2.50. The summed E-state index contributed by atoms with van der Waals surface area (Å²) in [5, 5.41) is 0. The summed E-state index contributed by atoms with van der Waals surface area (Å²) in [6.07, 6.45) is 5.26. The number of likely N-dealkylation sites (tertiary alicyclic amines) is 1. The number of ether oxygens (including phenoxy) is 1. The molecular formula is C25H33N2O5Si. The van der Waals surface area contributed by atoms with E-state index < -0.39 is 20.9 Å². The monoisotopic (exact) mass is 469 g/mol. The fourth-order valence-corrected chi connectivity index (χ4v) is 5.28. The Morgan fingerprint density at radius 3 is 2.33 bits per heavy atom. The average Bonchev–Trinajstić information content (AvgIpc) is 3.23. The molecule has 2 aliphatic heterocycles. The highest BCUT2D eigenvalue weighted by atomic mass is 28.3. The molecule has 2 atom stereocenters. The summed E-state index contributed by atoms with van der Waals surface area (Å²) >= 11 is 0. The minimum Gasteiger partial charge on any atom is -0.445 e. The topological polar surface area (TPSA) is 76.2 Å². The van der Waals surface area contributed by atoms with Crippen LogP contribution in [0.1, 0.15) is 47.9 Å². The van der Waals surface area contributed by atoms with Crippen LogP contribution in [-0.2, 0) is 9.16 Å². The third-order valence-corrected chi connectivity index (χ3v) is 6.86. The van der Waals surface area contributed by atoms with Gasteiger partial charge < -0.3 is 9.16 Å². The first-order valence-electron chi connectivity index (χ1n) is 11.2. The fraction of sp³-hybridized carbons (Fsp3) is 0.480. The van der Waals surface area contributed by atoms with Gasteiger partial charge in [0.05, 0.1) is 11.1 Å². The number of fused-ring (bicyclic) bond motifs is 1. The molecule has 1 radical (unpaired) electrons. The van der Waals surface area contributed by atoms with Crippen LogP contribution in [0.15, 0.2) is 49.1 Å². The third kappa shape index (κ3) is 5.12. The second-order valence-electron chi connectivity index (χ2n) is 9.77. The predicted octanol–water partition coefficient (Wildman–Crippen LogP) is 4.49. The normalized spacial score (nSPS) is 23.0. The van der Waals surface area contributed by atoms with Crippen LogP contribution in [0.4, 0.5) is 4.79 Å². The molecule has 0 aromatic heterocycles. The molecular weight excluding hydrogens is 436 g/mol. The number of rotatable bonds is 7. The molecule has 2 aliphatic rings. The lowest BCUT2D eigenvalue weighted by Gasteiger charge is -2.37. The van der Waals surface area contributed by atoms with Gasteiger partial charge in [-0.1, -0.05) is 51.6 Å². The van der Waals surface area contributed by atoms with E-state index in [0.29, 0.717) is 24.1 Å². The van der Waals surface area contributed by atoms with Gasteiger partial charge in [0.15, 0.2) is 5.72 Å². The lowest BCUT2D eigenvalue weighted by molar-refractivity contribution is -0.0134. The van der Waals surface area contributed by atoms with E-state index in [4.69, 9.17) is 9.16 Å². The van der Waals surface area contributed by atoms with Crippen molar-refractivity contribution in [2.75, 3.05) is 19.7 Å². The van der Waals surface area contributed by atoms with E-state index in [2.05, 4.69) is 27.4 Å². The van der Waals surface area contributed by atoms with Crippen LogP contribution in [0.25, 0.3) is 0 Å². The van der Waals surface area contributed by atoms with E-state index in [-0.39, 0.29) is 36.3 Å². The number of hydrogen-bond acceptors (Lipinski definition) is 5. The molecule has 33 heavy (non-hydrogen) atoms. The van der Waals surface area contributed by atoms with Crippen LogP contribution in [0, 0.1) is 11.3 Å². The van der Waals surface area contributed by atoms with Crippen molar-refractivity contribution in [1.82, 2.24) is 9.80 Å². The zero-order valence-corrected chi connectivity index (χ0v) is 21.1. The van der Waals surface area contributed by atoms with Gasteiger partial charge in [0.2, 0.25) is 9.04 Å². The van der Waals surface area contributed by atoms with Gasteiger partial charge in [-0.15, -0.1) is 0 Å². The van der Waals surface area contributed by atoms with E-state index in [0.717, 1.165) is 0 Å². The van der Waals surface area contributed by atoms with Crippen LogP contribution in [0.3, 0.4) is 0 Å². The van der Waals surface area contributed by atoms with Crippen LogP contribution in [-0.4, -0.2) is 62.2 Å². The van der Waals surface area contributed by atoms with Crippen molar-refractivity contribution in [2.45, 2.75) is 46.0 Å². The van der Waals surface area contributed by atoms with Gasteiger partial charge in [-0.3, -0.25) is 19.4 Å². The van der Waals surface area contributed by atoms with Crippen LogP contribution in [0.5, 0.6) is 0 Å². The largest absolute Gasteiger partial charge is 0.445 e. The molecule has 177 valence electrons. The third-order valence-electron chi connectivity index (χ3n) is 6.09. The number of nitrogens with zero attached hydrogens (tertiary/aromatic N) is 2. The van der Waals surface area contributed by atoms with E-state index >= 15 is 0 Å². The zero-order chi connectivity index (χ0) is 24.4. The van der Waals surface area contributed by atoms with Crippen LogP contribution < -0.4 is 0 Å². The molecule has 1 aromatic rings. The second kappa shape index (κ2) is 9.65. The summed E-state index contributed by atoms with van der Waals surface area (Å²) in [5.41, 5.74) is -0.213. The first-order chi connectivity index (χ1) is 15.5. The Kier molecular flexibility index (Phi) is 7.28. The molecule has 0 unspecified atom stereocenters. The first-order valence-corrected chi connectivity index (χ1v) is 13.6. The minimum atomic E-state index is -1.21. The summed E-state index contributed by atoms with van der Waals surface area (Å²) in [4.78, 5) is 41.3. The molecule has 8 heteroatoms. The fourth-order valence-electron chi connectivity index (χ4n) is 4.31. The van der Waals surface area contributed by atoms with Crippen molar-refractivity contribution < 1.29 is 23.5 Å². The van der Waals surface area contributed by atoms with Crippen LogP contribution in [0.2, 0.25) is 13.1 Å². The summed E-state index contributed by atoms with van der Waals surface area (Å²) in [6.45, 7) is 14.8. The maximum absolute atomic E-state index is 13.0. The van der Waals surface area contributed by atoms with E-state index in [1.165, 1.54) is 11.0 Å². The number of amides is 3. The summed E-state index contributed by atoms with van der Waals surface area (Å²) in [6, 6.07) is 6.82. The standard InChI is InChI=1S/C25H33N2O5Si/c1-7-15-31-23(30)27-17-18(24(2,3)4)16-25(27,32-33(5)6)13-10-14-26-21(28)19-11-8-9-12-20(19)22(26)29/h7-13,18H,1,14-17H2,2-6H3/t18-,25+/m0/s1. The maximum Gasteiger partial charge on any atom is 0.412 e. The quantitative estimate of drug-likeness (QED) is 0.334. The lowest BCUT2D eigenvalue weighted by atomic mass is 9.79. The number of imide groups is 1. The number of hydrogen-bond donors (Lipinski definition) is 0. The van der Waals surface area contributed by atoms with Crippen molar-refractivity contribution in [3.8, 4) is 0 Å². The highest BCUT2D eigenvalue weighted by Crippen LogP contribution is 2.44. The molecule has 1 fully saturated rings. The van der Waals surface area contributed by atoms with Crippen LogP contribution >= 0.6 is 0 Å². The Balaban J connectivity index is 1.89. The van der Waals surface area contributed by atoms with Crippen molar-refractivity contribution in [1.29, 1.82) is 0 Å². The number of carbonyl (C=O) groups is 3. The van der Waals surface area contributed by atoms with Crippen molar-refractivity contribution in [3.63, 3.8) is 0 Å². The average molecular weight is 470 g/mol. The van der Waals surface area contributed by atoms with Crippen molar-refractivity contribution >= 4 is 26.9 Å². The Hall–Kier alpha value is -2.71. The summed E-state index contributed by atoms with van der Waals surface area (Å²) in [7, 11) is -1.21. The number of carbonyl (C=O) groups excluding carboxylic acids is 3. The molecule has 1 saturated heterocycles. The summed E-state index contributed by atoms with van der Waals surface area (Å²) < 4.78 is 11.8. The van der Waals surface area contributed by atoms with E-state index in [1.807, 2.05) is 19.2 Å². The summed E-state index contributed by atoms with van der Waals surface area (Å²) in [5.74, 6) is -0.446. The minimum absolute atomic E-state index is 0.0488. The van der Waals surface area contributed by atoms with Gasteiger partial charge in [-0.25, -0.2) is 4.79 Å². The molecule has 0 aliphatic carbocycles. The Bertz CT molecular complexity index is 933. The molecule has 2 heterocycles. The van der Waals surface area contributed by atoms with E-state index in [1.54, 1.807) is 35.2 Å². The molecule has 0 spiro atoms. The van der Waals surface area contributed by atoms with Crippen molar-refractivity contribution in [2.24, 2.45) is 11.3 Å². The molecule has 1 aromatic carbocycles. The smallest absolute Gasteiger partial charge is 0.412 e. The Morgan fingerprint density at radius 2 is 1.82 bits per heavy atom. The van der Waals surface area contributed by atoms with Crippen molar-refractivity contribution in [3.05, 3.63) is 60.2 Å². The molecule has 7 nitrogen and oxygen atoms in total. The molecule has 0 bridgehead atoms. The maximum atomic E-state index is 13.0. The zero-order valence-electron chi connectivity index (χ0n) is 20.1. The highest BCUT2D eigenvalue weighted by molar-refractivity contribution is 6.48. The number of benzene rings is 1. The van der Waals surface area contributed by atoms with Gasteiger partial charge in [0.25, 0.3) is 11.8 Å². The second-order valence-corrected chi connectivity index (χ2v) is 11.8. The molecule has 3 amide bonds. The van der Waals surface area contributed by atoms with Gasteiger partial charge in [0, 0.05) is 19.5 Å². The molecule has 0 N–H and O–H groups in total. The highest BCUT2D eigenvalue weighted by Gasteiger charge is 2.51. The predicted molar refractivity (Wildman–Crippen MR) is 128 cm³/mol. The van der Waals surface area contributed by atoms with Gasteiger partial charge in [0.1, 0.15) is 6.61 Å². The Labute approximate surface area is 197 Å². The molecule has 0 saturated carbocycles. The molecule has 3 rings (SSSR count). The van der Waals surface area contributed by atoms with Gasteiger partial charge in [-0.2, -0.15) is 0 Å². The Morgan fingerprint density at radius 1 is 1.21 bits per heavy atom. The SMILES string of the molecule is C=CCOC(=O)N1C[C@@H](C(C)(C)C)C[C@@]1(C=CCN1C(=O)c2ccccc2C1=O)O[Si](C)C. The first kappa shape index (κ1) is 24.9. The van der Waals surface area contributed by atoms with Gasteiger partial charge in [-0.05, 0) is 42.6 Å².